The second-order valence-electron chi connectivity index (χ2n) is 19.2. The van der Waals surface area contributed by atoms with Crippen molar-refractivity contribution in [1.29, 1.82) is 0 Å². The third kappa shape index (κ3) is 46.7. The third-order valence-electron chi connectivity index (χ3n) is 11.8. The van der Waals surface area contributed by atoms with Gasteiger partial charge in [-0.15, -0.1) is 0 Å². The maximum absolute atomic E-state index is 12.9. The van der Waals surface area contributed by atoms with E-state index in [0.29, 0.717) is 17.4 Å². The highest BCUT2D eigenvalue weighted by molar-refractivity contribution is 7.45. The molecule has 8 nitrogen and oxygen atoms in total. The monoisotopic (exact) mass is 895 g/mol. The zero-order valence-corrected chi connectivity index (χ0v) is 42.5. The van der Waals surface area contributed by atoms with E-state index in [1.807, 2.05) is 27.2 Å². The summed E-state index contributed by atoms with van der Waals surface area (Å²) in [5.74, 6) is -0.216. The van der Waals surface area contributed by atoms with Crippen molar-refractivity contribution in [3.63, 3.8) is 0 Å². The molecule has 0 aliphatic rings. The molecular weight excluding hydrogens is 792 g/mol. The lowest BCUT2D eigenvalue weighted by Crippen LogP contribution is -2.45. The Balaban J connectivity index is 4.24. The zero-order chi connectivity index (χ0) is 45.7. The molecule has 0 aromatic carbocycles. The first kappa shape index (κ1) is 60.7. The van der Waals surface area contributed by atoms with Crippen LogP contribution >= 0.6 is 7.82 Å². The van der Waals surface area contributed by atoms with E-state index in [4.69, 9.17) is 9.05 Å². The van der Waals surface area contributed by atoms with Crippen LogP contribution in [0.3, 0.4) is 0 Å². The normalized spacial score (nSPS) is 14.4. The third-order valence-corrected chi connectivity index (χ3v) is 12.8. The van der Waals surface area contributed by atoms with Gasteiger partial charge in [0.1, 0.15) is 13.2 Å². The number of unbranched alkanes of at least 4 members (excludes halogenated alkanes) is 31. The van der Waals surface area contributed by atoms with Crippen molar-refractivity contribution < 1.29 is 32.9 Å². The van der Waals surface area contributed by atoms with Crippen LogP contribution in [0.1, 0.15) is 245 Å². The minimum atomic E-state index is -4.60. The van der Waals surface area contributed by atoms with Crippen LogP contribution in [0.25, 0.3) is 0 Å². The van der Waals surface area contributed by atoms with Gasteiger partial charge in [-0.05, 0) is 57.8 Å². The number of phosphoric ester groups is 1. The van der Waals surface area contributed by atoms with Crippen LogP contribution in [0.4, 0.5) is 0 Å². The van der Waals surface area contributed by atoms with Crippen molar-refractivity contribution >= 4 is 13.7 Å². The number of likely N-dealkylation sites (N-methyl/N-ethyl adjacent to an activating group) is 1. The fourth-order valence-electron chi connectivity index (χ4n) is 7.63. The number of hydrogen-bond acceptors (Lipinski definition) is 6. The second-order valence-corrected chi connectivity index (χ2v) is 20.6. The van der Waals surface area contributed by atoms with Crippen LogP contribution in [0.2, 0.25) is 0 Å². The number of carbonyl (C=O) groups is 1. The first-order valence-corrected chi connectivity index (χ1v) is 27.8. The lowest BCUT2D eigenvalue weighted by atomic mass is 10.0. The first-order chi connectivity index (χ1) is 30.0. The van der Waals surface area contributed by atoms with Gasteiger partial charge >= 0.3 is 0 Å². The van der Waals surface area contributed by atoms with Crippen molar-refractivity contribution in [2.24, 2.45) is 0 Å². The van der Waals surface area contributed by atoms with Crippen molar-refractivity contribution in [3.05, 3.63) is 36.5 Å². The number of hydrogen-bond donors (Lipinski definition) is 2. The number of carbonyl (C=O) groups excluding carboxylic acids is 1. The van der Waals surface area contributed by atoms with Gasteiger partial charge in [-0.25, -0.2) is 0 Å². The van der Waals surface area contributed by atoms with Crippen molar-refractivity contribution in [2.45, 2.75) is 257 Å². The molecule has 0 heterocycles. The minimum absolute atomic E-state index is 0.00771. The number of nitrogens with zero attached hydrogens (tertiary/aromatic N) is 1. The van der Waals surface area contributed by atoms with Crippen molar-refractivity contribution in [2.75, 3.05) is 40.9 Å². The molecule has 0 bridgehead atoms. The Morgan fingerprint density at radius 1 is 0.548 bits per heavy atom. The Morgan fingerprint density at radius 2 is 0.903 bits per heavy atom. The van der Waals surface area contributed by atoms with Crippen molar-refractivity contribution in [3.8, 4) is 0 Å². The summed E-state index contributed by atoms with van der Waals surface area (Å²) < 4.78 is 23.2. The summed E-state index contributed by atoms with van der Waals surface area (Å²) in [4.78, 5) is 25.3. The first-order valence-electron chi connectivity index (χ1n) is 26.4. The number of aliphatic hydroxyl groups is 1. The number of allylic oxidation sites excluding steroid dienone is 5. The fraction of sp³-hybridized carbons (Fsp3) is 0.868. The molecule has 0 aliphatic carbocycles. The summed E-state index contributed by atoms with van der Waals surface area (Å²) >= 11 is 0. The highest BCUT2D eigenvalue weighted by Gasteiger charge is 2.23. The lowest BCUT2D eigenvalue weighted by Gasteiger charge is -2.29. The zero-order valence-electron chi connectivity index (χ0n) is 41.6. The summed E-state index contributed by atoms with van der Waals surface area (Å²) in [6.45, 7) is 4.62. The molecule has 0 aromatic heterocycles. The predicted octanol–water partition coefficient (Wildman–Crippen LogP) is 14.8. The van der Waals surface area contributed by atoms with Gasteiger partial charge in [-0.3, -0.25) is 9.36 Å². The van der Waals surface area contributed by atoms with E-state index in [1.165, 1.54) is 167 Å². The summed E-state index contributed by atoms with van der Waals surface area (Å²) in [7, 11) is 1.24. The lowest BCUT2D eigenvalue weighted by molar-refractivity contribution is -0.870. The molecule has 2 N–H and O–H groups in total. The van der Waals surface area contributed by atoms with Gasteiger partial charge < -0.3 is 28.8 Å². The van der Waals surface area contributed by atoms with Crippen molar-refractivity contribution in [1.82, 2.24) is 5.32 Å². The number of nitrogens with one attached hydrogen (secondary N) is 1. The molecule has 0 aliphatic heterocycles. The largest absolute Gasteiger partial charge is 0.756 e. The van der Waals surface area contributed by atoms with E-state index in [9.17, 15) is 19.4 Å². The minimum Gasteiger partial charge on any atom is -0.756 e. The molecule has 0 aromatic rings. The van der Waals surface area contributed by atoms with Gasteiger partial charge in [0.15, 0.2) is 0 Å². The van der Waals surface area contributed by atoms with E-state index >= 15 is 0 Å². The molecule has 0 saturated carbocycles. The SMILES string of the molecule is CCCCCC/C=C\CCCCCCCC(=O)NC(COP(=O)([O-])OCC[N+](C)(C)C)C(O)/C=C/CC/C=C/CCCCCCCCCCCCCCCCCCCCCCC. The van der Waals surface area contributed by atoms with Gasteiger partial charge in [-0.1, -0.05) is 217 Å². The average molecular weight is 895 g/mol. The van der Waals surface area contributed by atoms with Crippen LogP contribution in [-0.4, -0.2) is 68.5 Å². The maximum Gasteiger partial charge on any atom is 0.268 e. The summed E-state index contributed by atoms with van der Waals surface area (Å²) in [6.07, 6.45) is 56.5. The van der Waals surface area contributed by atoms with Crippen LogP contribution in [-0.2, 0) is 18.4 Å². The van der Waals surface area contributed by atoms with E-state index in [1.54, 1.807) is 6.08 Å². The number of aliphatic hydroxyl groups excluding tert-OH is 1. The average Bonchev–Trinajstić information content (AvgIpc) is 3.23. The molecule has 62 heavy (non-hydrogen) atoms. The van der Waals surface area contributed by atoms with E-state index in [2.05, 4.69) is 43.5 Å². The van der Waals surface area contributed by atoms with E-state index in [0.717, 1.165) is 57.8 Å². The maximum atomic E-state index is 12.9. The molecule has 0 spiro atoms. The molecule has 366 valence electrons. The summed E-state index contributed by atoms with van der Waals surface area (Å²) in [5.41, 5.74) is 0. The Kier molecular flexibility index (Phi) is 44.0. The Hall–Kier alpha value is -1.28. The molecule has 9 heteroatoms. The molecule has 0 rings (SSSR count). The predicted molar refractivity (Wildman–Crippen MR) is 265 cm³/mol. The van der Waals surface area contributed by atoms with E-state index < -0.39 is 26.6 Å². The molecule has 3 atom stereocenters. The molecular formula is C53H103N2O6P. The number of quaternary nitrogens is 1. The Labute approximate surface area is 385 Å². The molecule has 3 unspecified atom stereocenters. The van der Waals surface area contributed by atoms with Gasteiger partial charge in [0, 0.05) is 6.42 Å². The molecule has 0 fully saturated rings. The fourth-order valence-corrected chi connectivity index (χ4v) is 8.36. The second kappa shape index (κ2) is 44.9. The molecule has 1 amide bonds. The Morgan fingerprint density at radius 3 is 1.32 bits per heavy atom. The van der Waals surface area contributed by atoms with Gasteiger partial charge in [0.05, 0.1) is 39.9 Å². The van der Waals surface area contributed by atoms with Crippen LogP contribution in [0.5, 0.6) is 0 Å². The number of amides is 1. The van der Waals surface area contributed by atoms with Crippen LogP contribution in [0, 0.1) is 0 Å². The number of phosphoric acid groups is 1. The Bertz CT molecular complexity index is 1110. The van der Waals surface area contributed by atoms with Gasteiger partial charge in [-0.2, -0.15) is 0 Å². The molecule has 0 radical (unpaired) electrons. The van der Waals surface area contributed by atoms with E-state index in [-0.39, 0.29) is 12.5 Å². The topological polar surface area (TPSA) is 108 Å². The standard InChI is InChI=1S/C53H103N2O6P/c1-6-8-10-12-14-16-18-20-21-22-23-24-25-26-27-28-29-30-31-32-33-35-36-38-40-42-44-46-52(56)51(50-61-62(58,59)60-49-48-55(3,4)5)54-53(57)47-45-43-41-39-37-34-19-17-15-13-11-9-7-2/h17,19,36,38,44,46,51-52,56H,6-16,18,20-35,37,39-43,45,47-50H2,1-5H3,(H-,54,57,58,59)/b19-17-,38-36+,46-44+. The summed E-state index contributed by atoms with van der Waals surface area (Å²) in [5, 5.41) is 13.8. The highest BCUT2D eigenvalue weighted by atomic mass is 31.2. The van der Waals surface area contributed by atoms with Gasteiger partial charge in [0.2, 0.25) is 5.91 Å². The highest BCUT2D eigenvalue weighted by Crippen LogP contribution is 2.38. The van der Waals surface area contributed by atoms with Crippen LogP contribution in [0.15, 0.2) is 36.5 Å². The van der Waals surface area contributed by atoms with Crippen LogP contribution < -0.4 is 10.2 Å². The quantitative estimate of drug-likeness (QED) is 0.0273. The number of rotatable bonds is 48. The van der Waals surface area contributed by atoms with Gasteiger partial charge in [0.25, 0.3) is 7.82 Å². The molecule has 0 saturated heterocycles. The smallest absolute Gasteiger partial charge is 0.268 e. The summed E-state index contributed by atoms with van der Waals surface area (Å²) in [6, 6.07) is -0.906.